The predicted molar refractivity (Wildman–Crippen MR) is 97.1 cm³/mol. The summed E-state index contributed by atoms with van der Waals surface area (Å²) in [6, 6.07) is 12.2. The van der Waals surface area contributed by atoms with Crippen molar-refractivity contribution in [1.82, 2.24) is 14.3 Å². The molecule has 1 aromatic carbocycles. The predicted octanol–water partition coefficient (Wildman–Crippen LogP) is 1.79. The van der Waals surface area contributed by atoms with Crippen LogP contribution in [0.15, 0.2) is 53.5 Å². The van der Waals surface area contributed by atoms with Crippen molar-refractivity contribution in [2.45, 2.75) is 13.0 Å². The molecule has 0 fully saturated rings. The summed E-state index contributed by atoms with van der Waals surface area (Å²) in [6.45, 7) is 1.77. The van der Waals surface area contributed by atoms with Crippen molar-refractivity contribution in [3.05, 3.63) is 64.6 Å². The van der Waals surface area contributed by atoms with E-state index in [9.17, 15) is 13.2 Å². The van der Waals surface area contributed by atoms with Gasteiger partial charge in [-0.1, -0.05) is 24.3 Å². The molecule has 2 aromatic heterocycles. The summed E-state index contributed by atoms with van der Waals surface area (Å²) in [7, 11) is -2.31. The minimum Gasteiger partial charge on any atom is -0.307 e. The highest BCUT2D eigenvalue weighted by Crippen LogP contribution is 2.28. The molecule has 0 saturated carbocycles. The van der Waals surface area contributed by atoms with E-state index in [2.05, 4.69) is 9.97 Å². The van der Waals surface area contributed by atoms with Gasteiger partial charge >= 0.3 is 0 Å². The van der Waals surface area contributed by atoms with Gasteiger partial charge in [0.2, 0.25) is 5.56 Å². The summed E-state index contributed by atoms with van der Waals surface area (Å²) >= 11 is 0. The molecular weight excluding hydrogens is 340 g/mol. The molecule has 1 atom stereocenters. The summed E-state index contributed by atoms with van der Waals surface area (Å²) in [6.07, 6.45) is 1.64. The molecule has 0 spiro atoms. The second kappa shape index (κ2) is 6.40. The van der Waals surface area contributed by atoms with Crippen LogP contribution in [-0.2, 0) is 10.2 Å². The van der Waals surface area contributed by atoms with Crippen LogP contribution in [-0.4, -0.2) is 29.7 Å². The molecule has 0 aliphatic heterocycles. The molecule has 0 bridgehead atoms. The van der Waals surface area contributed by atoms with Gasteiger partial charge in [-0.05, 0) is 35.7 Å². The Balaban J connectivity index is 2.00. The molecule has 0 amide bonds. The lowest BCUT2D eigenvalue weighted by Gasteiger charge is -2.22. The number of hydrogen-bond donors (Lipinski definition) is 2. The molecule has 3 aromatic rings. The van der Waals surface area contributed by atoms with Crippen molar-refractivity contribution in [2.75, 3.05) is 7.05 Å². The maximum Gasteiger partial charge on any atom is 0.277 e. The van der Waals surface area contributed by atoms with E-state index in [0.29, 0.717) is 5.65 Å². The lowest BCUT2D eigenvalue weighted by molar-refractivity contribution is 0.399. The van der Waals surface area contributed by atoms with Gasteiger partial charge in [-0.25, -0.2) is 10.1 Å². The lowest BCUT2D eigenvalue weighted by atomic mass is 10.00. The maximum absolute atomic E-state index is 11.5. The van der Waals surface area contributed by atoms with E-state index in [-0.39, 0.29) is 11.6 Å². The van der Waals surface area contributed by atoms with Crippen LogP contribution < -0.4 is 10.7 Å². The van der Waals surface area contributed by atoms with E-state index in [1.165, 1.54) is 13.1 Å². The topological polar surface area (TPSA) is 109 Å². The number of fused-ring (bicyclic) bond motifs is 1. The number of hydrogen-bond acceptors (Lipinski definition) is 4. The van der Waals surface area contributed by atoms with Gasteiger partial charge in [-0.2, -0.15) is 12.7 Å². The van der Waals surface area contributed by atoms with Gasteiger partial charge in [0.05, 0.1) is 0 Å². The zero-order valence-corrected chi connectivity index (χ0v) is 14.6. The van der Waals surface area contributed by atoms with Crippen LogP contribution in [0.25, 0.3) is 22.2 Å². The van der Waals surface area contributed by atoms with Gasteiger partial charge < -0.3 is 4.98 Å². The second-order valence-corrected chi connectivity index (χ2v) is 7.41. The fourth-order valence-electron chi connectivity index (χ4n) is 2.68. The van der Waals surface area contributed by atoms with Crippen LogP contribution in [0, 0.1) is 0 Å². The van der Waals surface area contributed by atoms with Crippen molar-refractivity contribution in [3.8, 4) is 11.1 Å². The minimum atomic E-state index is -3.75. The Bertz CT molecular complexity index is 1070. The zero-order valence-electron chi connectivity index (χ0n) is 13.8. The maximum atomic E-state index is 11.5. The first-order valence-corrected chi connectivity index (χ1v) is 9.12. The smallest absolute Gasteiger partial charge is 0.277 e. The molecule has 8 heteroatoms. The van der Waals surface area contributed by atoms with E-state index in [1.54, 1.807) is 19.2 Å². The van der Waals surface area contributed by atoms with Crippen LogP contribution in [0.4, 0.5) is 0 Å². The van der Waals surface area contributed by atoms with E-state index in [0.717, 1.165) is 26.4 Å². The SMILES string of the molecule is C[C@H](c1ccc(-c2ccnc3[nH]c(=O)ccc23)cc1)N(C)S(N)(=O)=O. The second-order valence-electron chi connectivity index (χ2n) is 5.80. The molecular formula is C17H18N4O3S. The molecule has 130 valence electrons. The molecule has 0 aliphatic carbocycles. The van der Waals surface area contributed by atoms with E-state index in [4.69, 9.17) is 5.14 Å². The van der Waals surface area contributed by atoms with Gasteiger partial charge in [0.15, 0.2) is 0 Å². The number of H-pyrrole nitrogens is 1. The molecule has 7 nitrogen and oxygen atoms in total. The average molecular weight is 358 g/mol. The van der Waals surface area contributed by atoms with Crippen molar-refractivity contribution < 1.29 is 8.42 Å². The Morgan fingerprint density at radius 2 is 1.80 bits per heavy atom. The fraction of sp³-hybridized carbons (Fsp3) is 0.176. The van der Waals surface area contributed by atoms with E-state index >= 15 is 0 Å². The van der Waals surface area contributed by atoms with Gasteiger partial charge in [0, 0.05) is 30.7 Å². The van der Waals surface area contributed by atoms with Gasteiger partial charge in [0.1, 0.15) is 5.65 Å². The average Bonchev–Trinajstić information content (AvgIpc) is 2.59. The number of nitrogens with two attached hydrogens (primary N) is 1. The Hall–Kier alpha value is -2.55. The first-order valence-electron chi connectivity index (χ1n) is 7.61. The van der Waals surface area contributed by atoms with Gasteiger partial charge in [-0.15, -0.1) is 0 Å². The summed E-state index contributed by atoms with van der Waals surface area (Å²) in [5.74, 6) is 0. The zero-order chi connectivity index (χ0) is 18.2. The molecule has 3 N–H and O–H groups in total. The van der Waals surface area contributed by atoms with E-state index in [1.807, 2.05) is 30.3 Å². The number of aromatic nitrogens is 2. The molecule has 0 unspecified atom stereocenters. The number of nitrogens with one attached hydrogen (secondary N) is 1. The Kier molecular flexibility index (Phi) is 4.42. The van der Waals surface area contributed by atoms with Crippen molar-refractivity contribution in [1.29, 1.82) is 0 Å². The number of pyridine rings is 2. The number of aromatic amines is 1. The molecule has 0 aliphatic rings. The standard InChI is InChI=1S/C17H18N4O3S/c1-11(21(2)25(18,23)24)12-3-5-13(6-4-12)14-9-10-19-17-15(14)7-8-16(22)20-17/h3-11H,1-2H3,(H2,18,23,24)(H,19,20,22)/t11-/m1/s1. The number of nitrogens with zero attached hydrogens (tertiary/aromatic N) is 2. The largest absolute Gasteiger partial charge is 0.307 e. The van der Waals surface area contributed by atoms with Crippen molar-refractivity contribution in [2.24, 2.45) is 5.14 Å². The lowest BCUT2D eigenvalue weighted by Crippen LogP contribution is -2.35. The van der Waals surface area contributed by atoms with Crippen LogP contribution >= 0.6 is 0 Å². The summed E-state index contributed by atoms with van der Waals surface area (Å²) < 4.78 is 24.1. The molecule has 3 rings (SSSR count). The molecule has 0 saturated heterocycles. The number of benzene rings is 1. The highest BCUT2D eigenvalue weighted by molar-refractivity contribution is 7.86. The number of rotatable bonds is 4. The fourth-order valence-corrected chi connectivity index (χ4v) is 3.24. The minimum absolute atomic E-state index is 0.202. The van der Waals surface area contributed by atoms with Crippen LogP contribution in [0.3, 0.4) is 0 Å². The van der Waals surface area contributed by atoms with Crippen molar-refractivity contribution in [3.63, 3.8) is 0 Å². The summed E-state index contributed by atoms with van der Waals surface area (Å²) in [4.78, 5) is 18.3. The third-order valence-electron chi connectivity index (χ3n) is 4.28. The normalized spacial score (nSPS) is 13.3. The third kappa shape index (κ3) is 3.46. The first kappa shape index (κ1) is 17.3. The van der Waals surface area contributed by atoms with Crippen LogP contribution in [0.1, 0.15) is 18.5 Å². The molecule has 25 heavy (non-hydrogen) atoms. The first-order chi connectivity index (χ1) is 11.8. The Labute approximate surface area is 145 Å². The van der Waals surface area contributed by atoms with Gasteiger partial charge in [0.25, 0.3) is 10.2 Å². The monoisotopic (exact) mass is 358 g/mol. The van der Waals surface area contributed by atoms with Crippen molar-refractivity contribution >= 4 is 21.2 Å². The summed E-state index contributed by atoms with van der Waals surface area (Å²) in [5, 5.41) is 6.01. The van der Waals surface area contributed by atoms with Crippen LogP contribution in [0.5, 0.6) is 0 Å². The Morgan fingerprint density at radius 3 is 2.44 bits per heavy atom. The Morgan fingerprint density at radius 1 is 1.12 bits per heavy atom. The molecule has 0 radical (unpaired) electrons. The quantitative estimate of drug-likeness (QED) is 0.741. The summed E-state index contributed by atoms with van der Waals surface area (Å²) in [5.41, 5.74) is 3.02. The van der Waals surface area contributed by atoms with Gasteiger partial charge in [-0.3, -0.25) is 4.79 Å². The highest BCUT2D eigenvalue weighted by Gasteiger charge is 2.20. The van der Waals surface area contributed by atoms with E-state index < -0.39 is 10.2 Å². The third-order valence-corrected chi connectivity index (χ3v) is 5.40. The van der Waals surface area contributed by atoms with Crippen LogP contribution in [0.2, 0.25) is 0 Å². The molecule has 2 heterocycles. The highest BCUT2D eigenvalue weighted by atomic mass is 32.2.